The Labute approximate surface area is 220 Å². The van der Waals surface area contributed by atoms with Gasteiger partial charge in [0.25, 0.3) is 0 Å². The number of hydrogen-bond donors (Lipinski definition) is 0. The van der Waals surface area contributed by atoms with E-state index in [-0.39, 0.29) is 5.41 Å². The average Bonchev–Trinajstić information content (AvgIpc) is 3.61. The molecule has 9 rings (SSSR count). The first kappa shape index (κ1) is 20.3. The summed E-state index contributed by atoms with van der Waals surface area (Å²) in [6, 6.07) is 36.0. The zero-order valence-electron chi connectivity index (χ0n) is 20.4. The lowest BCUT2D eigenvalue weighted by Gasteiger charge is -2.28. The van der Waals surface area contributed by atoms with Crippen molar-refractivity contribution in [2.45, 2.75) is 31.1 Å². The van der Waals surface area contributed by atoms with E-state index in [4.69, 9.17) is 11.6 Å². The predicted molar refractivity (Wildman–Crippen MR) is 155 cm³/mol. The third kappa shape index (κ3) is 2.37. The molecule has 0 saturated heterocycles. The van der Waals surface area contributed by atoms with Gasteiger partial charge < -0.3 is 4.57 Å². The summed E-state index contributed by atoms with van der Waals surface area (Å²) < 4.78 is 2.56. The predicted octanol–water partition coefficient (Wildman–Crippen LogP) is 9.92. The van der Waals surface area contributed by atoms with Gasteiger partial charge in [0.1, 0.15) is 0 Å². The molecule has 1 fully saturated rings. The number of aromatic nitrogens is 1. The van der Waals surface area contributed by atoms with Crippen molar-refractivity contribution in [1.29, 1.82) is 0 Å². The lowest BCUT2D eigenvalue weighted by atomic mass is 9.75. The zero-order valence-corrected chi connectivity index (χ0v) is 21.1. The van der Waals surface area contributed by atoms with Crippen LogP contribution in [0.4, 0.5) is 0 Å². The molecule has 3 aliphatic rings. The standard InChI is InChI=1S/C35H24ClN/c36-22-13-11-21(12-14-22)23-15-17-27-32-31(23)26-8-2-4-10-30(26)37-29-9-3-1-7-24(29)25-16-18-28(33(32)34(25)37)35(27)19-5-6-20-35/h1-4,7-18H,5-6,19-20H2. The second-order valence-corrected chi connectivity index (χ2v) is 11.4. The number of fused-ring (bicyclic) bond motifs is 8. The number of halogens is 1. The van der Waals surface area contributed by atoms with Crippen molar-refractivity contribution >= 4 is 33.4 Å². The molecule has 6 aromatic rings. The molecule has 1 aliphatic heterocycles. The molecule has 0 bridgehead atoms. The van der Waals surface area contributed by atoms with E-state index in [2.05, 4.69) is 89.5 Å². The quantitative estimate of drug-likeness (QED) is 0.214. The van der Waals surface area contributed by atoms with Gasteiger partial charge in [-0.2, -0.15) is 0 Å². The minimum atomic E-state index is 0.125. The van der Waals surface area contributed by atoms with Gasteiger partial charge in [0, 0.05) is 32.3 Å². The van der Waals surface area contributed by atoms with E-state index in [1.165, 1.54) is 92.1 Å². The Kier molecular flexibility index (Phi) is 3.80. The Morgan fingerprint density at radius 2 is 1.32 bits per heavy atom. The molecule has 176 valence electrons. The molecule has 1 aromatic heterocycles. The summed E-state index contributed by atoms with van der Waals surface area (Å²) in [5.41, 5.74) is 15.2. The van der Waals surface area contributed by atoms with Crippen LogP contribution in [0.25, 0.3) is 60.9 Å². The van der Waals surface area contributed by atoms with Crippen molar-refractivity contribution in [3.63, 3.8) is 0 Å². The van der Waals surface area contributed by atoms with Crippen LogP contribution in [0, 0.1) is 0 Å². The van der Waals surface area contributed by atoms with Gasteiger partial charge in [-0.25, -0.2) is 0 Å². The molecule has 1 nitrogen and oxygen atoms in total. The van der Waals surface area contributed by atoms with E-state index >= 15 is 0 Å². The van der Waals surface area contributed by atoms with Crippen LogP contribution in [0.15, 0.2) is 97.1 Å². The Balaban J connectivity index is 1.56. The van der Waals surface area contributed by atoms with E-state index < -0.39 is 0 Å². The normalized spacial score (nSPS) is 16.0. The van der Waals surface area contributed by atoms with E-state index in [0.717, 1.165) is 5.02 Å². The molecule has 1 saturated carbocycles. The molecule has 0 unspecified atom stereocenters. The van der Waals surface area contributed by atoms with Gasteiger partial charge in [-0.1, -0.05) is 97.2 Å². The first-order valence-corrected chi connectivity index (χ1v) is 13.7. The van der Waals surface area contributed by atoms with Crippen LogP contribution < -0.4 is 0 Å². The number of nitrogens with zero attached hydrogens (tertiary/aromatic N) is 1. The third-order valence-corrected chi connectivity index (χ3v) is 9.60. The van der Waals surface area contributed by atoms with Gasteiger partial charge in [-0.15, -0.1) is 0 Å². The molecule has 1 spiro atoms. The van der Waals surface area contributed by atoms with Crippen molar-refractivity contribution in [3.05, 3.63) is 113 Å². The second-order valence-electron chi connectivity index (χ2n) is 11.0. The Morgan fingerprint density at radius 3 is 2.19 bits per heavy atom. The lowest BCUT2D eigenvalue weighted by molar-refractivity contribution is 0.550. The Hall–Kier alpha value is -3.81. The zero-order chi connectivity index (χ0) is 24.3. The number of hydrogen-bond acceptors (Lipinski definition) is 0. The fourth-order valence-electron chi connectivity index (χ4n) is 7.91. The molecule has 0 radical (unpaired) electrons. The summed E-state index contributed by atoms with van der Waals surface area (Å²) in [6.07, 6.45) is 5.07. The van der Waals surface area contributed by atoms with Crippen molar-refractivity contribution in [3.8, 4) is 39.1 Å². The summed E-state index contributed by atoms with van der Waals surface area (Å²) in [5, 5.41) is 3.46. The minimum Gasteiger partial charge on any atom is -0.308 e. The molecular formula is C35H24ClN. The molecule has 0 amide bonds. The highest BCUT2D eigenvalue weighted by molar-refractivity contribution is 6.30. The van der Waals surface area contributed by atoms with Crippen LogP contribution in [0.2, 0.25) is 5.02 Å². The van der Waals surface area contributed by atoms with Crippen molar-refractivity contribution < 1.29 is 0 Å². The minimum absolute atomic E-state index is 0.125. The summed E-state index contributed by atoms with van der Waals surface area (Å²) >= 11 is 6.32. The highest BCUT2D eigenvalue weighted by atomic mass is 35.5. The smallest absolute Gasteiger partial charge is 0.0623 e. The Bertz CT molecular complexity index is 1930. The average molecular weight is 494 g/mol. The molecule has 2 heterocycles. The van der Waals surface area contributed by atoms with Crippen molar-refractivity contribution in [1.82, 2.24) is 4.57 Å². The maximum absolute atomic E-state index is 6.32. The summed E-state index contributed by atoms with van der Waals surface area (Å²) in [4.78, 5) is 0. The van der Waals surface area contributed by atoms with Crippen LogP contribution in [0.1, 0.15) is 36.8 Å². The molecule has 2 heteroatoms. The maximum Gasteiger partial charge on any atom is 0.0623 e. The summed E-state index contributed by atoms with van der Waals surface area (Å²) in [5.74, 6) is 0. The molecule has 37 heavy (non-hydrogen) atoms. The first-order chi connectivity index (χ1) is 18.3. The summed E-state index contributed by atoms with van der Waals surface area (Å²) in [7, 11) is 0. The topological polar surface area (TPSA) is 4.93 Å². The van der Waals surface area contributed by atoms with Crippen LogP contribution in [0.3, 0.4) is 0 Å². The van der Waals surface area contributed by atoms with Crippen molar-refractivity contribution in [2.75, 3.05) is 0 Å². The van der Waals surface area contributed by atoms with E-state index in [0.29, 0.717) is 0 Å². The van der Waals surface area contributed by atoms with Crippen LogP contribution in [0.5, 0.6) is 0 Å². The van der Waals surface area contributed by atoms with Gasteiger partial charge in [0.2, 0.25) is 0 Å². The van der Waals surface area contributed by atoms with Crippen LogP contribution >= 0.6 is 11.6 Å². The Morgan fingerprint density at radius 1 is 0.595 bits per heavy atom. The number of benzene rings is 5. The third-order valence-electron chi connectivity index (χ3n) is 9.35. The maximum atomic E-state index is 6.32. The fraction of sp³-hybridized carbons (Fsp3) is 0.143. The molecule has 5 aromatic carbocycles. The molecular weight excluding hydrogens is 470 g/mol. The molecule has 2 aliphatic carbocycles. The number of para-hydroxylation sites is 2. The number of rotatable bonds is 1. The van der Waals surface area contributed by atoms with Gasteiger partial charge in [0.05, 0.1) is 16.7 Å². The van der Waals surface area contributed by atoms with Gasteiger partial charge in [0.15, 0.2) is 0 Å². The van der Waals surface area contributed by atoms with E-state index in [1.54, 1.807) is 5.56 Å². The highest BCUT2D eigenvalue weighted by Crippen LogP contribution is 2.63. The van der Waals surface area contributed by atoms with Gasteiger partial charge in [-0.3, -0.25) is 0 Å². The van der Waals surface area contributed by atoms with Crippen LogP contribution in [-0.2, 0) is 5.41 Å². The SMILES string of the molecule is Clc1ccc(-c2ccc3c4c2-c2ccccc2-n2c5ccccc5c5ccc(c-4c52)C32CCCC2)cc1. The van der Waals surface area contributed by atoms with E-state index in [9.17, 15) is 0 Å². The van der Waals surface area contributed by atoms with Crippen molar-refractivity contribution in [2.24, 2.45) is 0 Å². The monoisotopic (exact) mass is 493 g/mol. The van der Waals surface area contributed by atoms with Crippen LogP contribution in [-0.4, -0.2) is 4.57 Å². The van der Waals surface area contributed by atoms with E-state index in [1.807, 2.05) is 12.1 Å². The second kappa shape index (κ2) is 6.94. The van der Waals surface area contributed by atoms with Gasteiger partial charge >= 0.3 is 0 Å². The molecule has 0 atom stereocenters. The highest BCUT2D eigenvalue weighted by Gasteiger charge is 2.48. The fourth-order valence-corrected chi connectivity index (χ4v) is 8.04. The molecule has 0 N–H and O–H groups in total. The lowest BCUT2D eigenvalue weighted by Crippen LogP contribution is -2.20. The largest absolute Gasteiger partial charge is 0.308 e. The van der Waals surface area contributed by atoms with Gasteiger partial charge in [-0.05, 0) is 70.5 Å². The summed E-state index contributed by atoms with van der Waals surface area (Å²) in [6.45, 7) is 0. The first-order valence-electron chi connectivity index (χ1n) is 13.4.